The number of aliphatic carboxylic acids is 1. The number of aryl methyl sites for hydroxylation is 1. The number of amides is 1. The molecule has 0 aliphatic rings. The summed E-state index contributed by atoms with van der Waals surface area (Å²) in [6, 6.07) is 14.7. The van der Waals surface area contributed by atoms with Gasteiger partial charge in [-0.2, -0.15) is 0 Å². The van der Waals surface area contributed by atoms with Crippen LogP contribution >= 0.6 is 0 Å². The molecule has 2 aromatic carbocycles. The van der Waals surface area contributed by atoms with Gasteiger partial charge in [-0.1, -0.05) is 29.8 Å². The van der Waals surface area contributed by atoms with E-state index in [0.29, 0.717) is 24.5 Å². The van der Waals surface area contributed by atoms with Crippen LogP contribution in [0.25, 0.3) is 0 Å². The van der Waals surface area contributed by atoms with Crippen molar-refractivity contribution < 1.29 is 19.4 Å². The second-order valence-corrected chi connectivity index (χ2v) is 5.91. The maximum atomic E-state index is 12.5. The molecule has 2 rings (SSSR count). The highest BCUT2D eigenvalue weighted by Crippen LogP contribution is 2.19. The monoisotopic (exact) mass is 340 g/mol. The van der Waals surface area contributed by atoms with Crippen LogP contribution < -0.4 is 15.2 Å². The lowest BCUT2D eigenvalue weighted by molar-refractivity contribution is -0.306. The van der Waals surface area contributed by atoms with Gasteiger partial charge in [0.1, 0.15) is 5.75 Å². The molecule has 5 heteroatoms. The summed E-state index contributed by atoms with van der Waals surface area (Å²) in [4.78, 5) is 23.5. The summed E-state index contributed by atoms with van der Waals surface area (Å²) < 4.78 is 5.36. The molecule has 1 amide bonds. The highest BCUT2D eigenvalue weighted by atomic mass is 16.5. The Morgan fingerprint density at radius 3 is 2.28 bits per heavy atom. The largest absolute Gasteiger partial charge is 0.550 e. The highest BCUT2D eigenvalue weighted by Gasteiger charge is 2.19. The van der Waals surface area contributed by atoms with E-state index in [1.807, 2.05) is 38.1 Å². The van der Waals surface area contributed by atoms with Gasteiger partial charge in [0.05, 0.1) is 6.61 Å². The van der Waals surface area contributed by atoms with Gasteiger partial charge < -0.3 is 20.0 Å². The Morgan fingerprint density at radius 2 is 1.72 bits per heavy atom. The molecule has 0 fully saturated rings. The molecule has 0 aromatic heterocycles. The van der Waals surface area contributed by atoms with Gasteiger partial charge in [0, 0.05) is 17.6 Å². The van der Waals surface area contributed by atoms with Crippen LogP contribution in [0.3, 0.4) is 0 Å². The summed E-state index contributed by atoms with van der Waals surface area (Å²) in [5.74, 6) is -1.56. The molecule has 0 radical (unpaired) electrons. The van der Waals surface area contributed by atoms with E-state index in [0.717, 1.165) is 11.1 Å². The molecule has 0 saturated carbocycles. The fraction of sp³-hybridized carbons (Fsp3) is 0.300. The van der Waals surface area contributed by atoms with E-state index in [1.54, 1.807) is 24.3 Å². The smallest absolute Gasteiger partial charge is 0.228 e. The number of anilines is 1. The van der Waals surface area contributed by atoms with E-state index in [4.69, 9.17) is 4.74 Å². The molecule has 0 aliphatic heterocycles. The Morgan fingerprint density at radius 1 is 1.08 bits per heavy atom. The van der Waals surface area contributed by atoms with Gasteiger partial charge in [-0.3, -0.25) is 4.79 Å². The molecule has 25 heavy (non-hydrogen) atoms. The van der Waals surface area contributed by atoms with E-state index in [1.165, 1.54) is 0 Å². The van der Waals surface area contributed by atoms with E-state index >= 15 is 0 Å². The molecule has 0 unspecified atom stereocenters. The number of nitrogens with one attached hydrogen (secondary N) is 1. The number of benzene rings is 2. The first-order chi connectivity index (χ1) is 12.0. The van der Waals surface area contributed by atoms with Crippen LogP contribution in [-0.4, -0.2) is 18.5 Å². The van der Waals surface area contributed by atoms with Gasteiger partial charge in [0.2, 0.25) is 5.91 Å². The number of carboxylic acids is 1. The Kier molecular flexibility index (Phi) is 6.57. The Labute approximate surface area is 147 Å². The van der Waals surface area contributed by atoms with Crippen molar-refractivity contribution in [3.8, 4) is 5.75 Å². The minimum Gasteiger partial charge on any atom is -0.550 e. The van der Waals surface area contributed by atoms with E-state index < -0.39 is 11.9 Å². The van der Waals surface area contributed by atoms with Gasteiger partial charge in [-0.25, -0.2) is 0 Å². The summed E-state index contributed by atoms with van der Waals surface area (Å²) >= 11 is 0. The van der Waals surface area contributed by atoms with Crippen molar-refractivity contribution >= 4 is 17.6 Å². The summed E-state index contributed by atoms with van der Waals surface area (Å²) in [6.45, 7) is 4.43. The number of hydrogen-bond donors (Lipinski definition) is 1. The summed E-state index contributed by atoms with van der Waals surface area (Å²) in [5, 5.41) is 13.8. The van der Waals surface area contributed by atoms with E-state index in [-0.39, 0.29) is 12.3 Å². The minimum absolute atomic E-state index is 0.323. The first-order valence-electron chi connectivity index (χ1n) is 8.27. The lowest BCUT2D eigenvalue weighted by Gasteiger charge is -2.18. The molecular formula is C20H22NO4-. The van der Waals surface area contributed by atoms with Crippen LogP contribution in [0.15, 0.2) is 48.5 Å². The Hall–Kier alpha value is -2.82. The second-order valence-electron chi connectivity index (χ2n) is 5.91. The summed E-state index contributed by atoms with van der Waals surface area (Å²) in [7, 11) is 0. The van der Waals surface area contributed by atoms with Crippen LogP contribution in [0.5, 0.6) is 5.75 Å². The predicted molar refractivity (Wildman–Crippen MR) is 94.2 cm³/mol. The van der Waals surface area contributed by atoms with Crippen molar-refractivity contribution in [2.75, 3.05) is 11.9 Å². The fourth-order valence-electron chi connectivity index (χ4n) is 2.51. The summed E-state index contributed by atoms with van der Waals surface area (Å²) in [6.07, 6.45) is 0.0217. The maximum absolute atomic E-state index is 12.5. The van der Waals surface area contributed by atoms with Gasteiger partial charge in [0.15, 0.2) is 0 Å². The lowest BCUT2D eigenvalue weighted by Crippen LogP contribution is -2.32. The molecule has 0 spiro atoms. The topological polar surface area (TPSA) is 78.5 Å². The van der Waals surface area contributed by atoms with Crippen molar-refractivity contribution in [3.63, 3.8) is 0 Å². The molecule has 0 aliphatic carbocycles. The molecule has 5 nitrogen and oxygen atoms in total. The van der Waals surface area contributed by atoms with Crippen molar-refractivity contribution in [2.24, 2.45) is 5.92 Å². The third kappa shape index (κ3) is 5.95. The second kappa shape index (κ2) is 8.87. The van der Waals surface area contributed by atoms with E-state index in [2.05, 4.69) is 5.32 Å². The molecule has 0 bridgehead atoms. The zero-order valence-corrected chi connectivity index (χ0v) is 14.5. The molecule has 0 saturated heterocycles. The first-order valence-corrected chi connectivity index (χ1v) is 8.27. The zero-order valence-electron chi connectivity index (χ0n) is 14.5. The lowest BCUT2D eigenvalue weighted by atomic mass is 9.94. The number of carbonyl (C=O) groups is 2. The zero-order chi connectivity index (χ0) is 18.2. The van der Waals surface area contributed by atoms with Gasteiger partial charge in [-0.05, 0) is 56.5 Å². The van der Waals surface area contributed by atoms with Crippen LogP contribution in [-0.2, 0) is 16.0 Å². The van der Waals surface area contributed by atoms with Crippen molar-refractivity contribution in [2.45, 2.75) is 26.7 Å². The van der Waals surface area contributed by atoms with Gasteiger partial charge >= 0.3 is 0 Å². The quantitative estimate of drug-likeness (QED) is 0.800. The first kappa shape index (κ1) is 18.5. The molecule has 0 heterocycles. The number of rotatable bonds is 8. The number of hydrogen-bond acceptors (Lipinski definition) is 4. The van der Waals surface area contributed by atoms with Crippen LogP contribution in [0.4, 0.5) is 5.69 Å². The molecule has 1 atom stereocenters. The Balaban J connectivity index is 2.06. The van der Waals surface area contributed by atoms with Crippen molar-refractivity contribution in [3.05, 3.63) is 59.7 Å². The van der Waals surface area contributed by atoms with E-state index in [9.17, 15) is 14.7 Å². The van der Waals surface area contributed by atoms with Crippen molar-refractivity contribution in [1.82, 2.24) is 0 Å². The predicted octanol–water partition coefficient (Wildman–Crippen LogP) is 2.33. The SMILES string of the molecule is CCOc1ccc(NC(=O)[C@H](CC(=O)[O-])Cc2ccc(C)cc2)cc1. The number of carbonyl (C=O) groups excluding carboxylic acids is 2. The van der Waals surface area contributed by atoms with Gasteiger partial charge in [0.25, 0.3) is 0 Å². The standard InChI is InChI=1S/C20H23NO4/c1-3-25-18-10-8-17(9-11-18)21-20(24)16(13-19(22)23)12-15-6-4-14(2)5-7-15/h4-11,16H,3,12-13H2,1-2H3,(H,21,24)(H,22,23)/p-1/t16-/m0/s1. The average molecular weight is 340 g/mol. The minimum atomic E-state index is -1.24. The molecular weight excluding hydrogens is 318 g/mol. The van der Waals surface area contributed by atoms with Crippen LogP contribution in [0, 0.1) is 12.8 Å². The fourth-order valence-corrected chi connectivity index (χ4v) is 2.51. The number of ether oxygens (including phenoxy) is 1. The third-order valence-electron chi connectivity index (χ3n) is 3.82. The highest BCUT2D eigenvalue weighted by molar-refractivity contribution is 5.94. The van der Waals surface area contributed by atoms with Crippen LogP contribution in [0.1, 0.15) is 24.5 Å². The molecule has 132 valence electrons. The Bertz CT molecular complexity index is 707. The number of carboxylic acid groups (broad SMARTS) is 1. The normalized spacial score (nSPS) is 11.6. The average Bonchev–Trinajstić information content (AvgIpc) is 2.58. The summed E-state index contributed by atoms with van der Waals surface area (Å²) in [5.41, 5.74) is 2.62. The van der Waals surface area contributed by atoms with Crippen LogP contribution in [0.2, 0.25) is 0 Å². The molecule has 1 N–H and O–H groups in total. The molecule has 2 aromatic rings. The van der Waals surface area contributed by atoms with Gasteiger partial charge in [-0.15, -0.1) is 0 Å². The maximum Gasteiger partial charge on any atom is 0.228 e. The van der Waals surface area contributed by atoms with Crippen molar-refractivity contribution in [1.29, 1.82) is 0 Å². The third-order valence-corrected chi connectivity index (χ3v) is 3.82.